The van der Waals surface area contributed by atoms with E-state index in [1.807, 2.05) is 0 Å². The van der Waals surface area contributed by atoms with Crippen LogP contribution in [0.5, 0.6) is 0 Å². The highest BCUT2D eigenvalue weighted by atomic mass is 31.2. The summed E-state index contributed by atoms with van der Waals surface area (Å²) in [5.41, 5.74) is 0. The van der Waals surface area contributed by atoms with Gasteiger partial charge in [-0.05, 0) is 51.4 Å². The number of phosphoric acid groups is 1. The highest BCUT2D eigenvalue weighted by molar-refractivity contribution is 7.47. The Morgan fingerprint density at radius 1 is 0.463 bits per heavy atom. The van der Waals surface area contributed by atoms with Gasteiger partial charge in [-0.25, -0.2) is 4.57 Å². The molecule has 0 aliphatic rings. The van der Waals surface area contributed by atoms with Crippen LogP contribution >= 0.6 is 7.82 Å². The molecule has 3 N–H and O–H groups in total. The van der Waals surface area contributed by atoms with Gasteiger partial charge in [0.15, 0.2) is 0 Å². The fraction of sp³-hybridized carbons (Fsp3) is 0.860. The van der Waals surface area contributed by atoms with Crippen molar-refractivity contribution in [1.82, 2.24) is 5.32 Å². The van der Waals surface area contributed by atoms with Crippen LogP contribution in [0.4, 0.5) is 0 Å². The number of rotatable bonds is 54. The first-order chi connectivity index (χ1) is 32.8. The third-order valence-corrected chi connectivity index (χ3v) is 13.6. The third kappa shape index (κ3) is 55.0. The topological polar surface area (TPSA) is 131 Å². The van der Waals surface area contributed by atoms with E-state index in [0.29, 0.717) is 6.42 Å². The van der Waals surface area contributed by atoms with Crippen LogP contribution in [0.25, 0.3) is 0 Å². The third-order valence-electron chi connectivity index (χ3n) is 12.6. The molecule has 394 valence electrons. The SMILES string of the molecule is CCCCC/C=C\C/C=C\C/C=C\CCCCCCCCCCCCC(=O)OCC(O)COP(=O)(O)OCCNC(=O)CCCCCCCCCCCCCCCCCCCCCCCCC. The molecular formula is C57H108NO8P. The zero-order chi connectivity index (χ0) is 48.8. The Morgan fingerprint density at radius 2 is 0.806 bits per heavy atom. The number of carbonyl (C=O) groups is 2. The Morgan fingerprint density at radius 3 is 1.24 bits per heavy atom. The minimum absolute atomic E-state index is 0.0848. The van der Waals surface area contributed by atoms with Crippen molar-refractivity contribution in [2.45, 2.75) is 290 Å². The lowest BCUT2D eigenvalue weighted by Crippen LogP contribution is -2.27. The van der Waals surface area contributed by atoms with E-state index in [0.717, 1.165) is 51.4 Å². The standard InChI is InChI=1S/C57H108NO8P/c1-3-5-7-9-11-13-15-17-19-21-23-25-27-29-31-33-35-37-39-41-43-45-47-49-56(60)58-51-52-65-67(62,63)66-54-55(59)53-64-57(61)50-48-46-44-42-40-38-36-34-32-30-28-26-24-22-20-18-16-14-12-10-8-6-4-2/h12,14,18,20,24,26,55,59H,3-11,13,15-17,19,21-23,25,27-54H2,1-2H3,(H,58,60)(H,62,63)/b14-12-,20-18-,26-24-. The zero-order valence-corrected chi connectivity index (χ0v) is 44.8. The van der Waals surface area contributed by atoms with Crippen LogP contribution < -0.4 is 5.32 Å². The first-order valence-electron chi connectivity index (χ1n) is 28.5. The minimum atomic E-state index is -4.42. The van der Waals surface area contributed by atoms with Crippen molar-refractivity contribution >= 4 is 19.7 Å². The number of esters is 1. The van der Waals surface area contributed by atoms with E-state index in [1.54, 1.807) is 0 Å². The lowest BCUT2D eigenvalue weighted by molar-refractivity contribution is -0.147. The quantitative estimate of drug-likeness (QED) is 0.0238. The van der Waals surface area contributed by atoms with Crippen molar-refractivity contribution in [3.05, 3.63) is 36.5 Å². The smallest absolute Gasteiger partial charge is 0.463 e. The van der Waals surface area contributed by atoms with E-state index in [4.69, 9.17) is 13.8 Å². The maximum absolute atomic E-state index is 12.2. The second-order valence-electron chi connectivity index (χ2n) is 19.3. The number of allylic oxidation sites excluding steroid dienone is 6. The molecule has 0 aliphatic heterocycles. The Hall–Kier alpha value is -1.77. The maximum atomic E-state index is 12.2. The second kappa shape index (κ2) is 53.6. The van der Waals surface area contributed by atoms with E-state index in [9.17, 15) is 24.2 Å². The fourth-order valence-electron chi connectivity index (χ4n) is 8.27. The van der Waals surface area contributed by atoms with Gasteiger partial charge in [0, 0.05) is 19.4 Å². The summed E-state index contributed by atoms with van der Waals surface area (Å²) in [7, 11) is -4.42. The Bertz CT molecular complexity index is 1190. The number of aliphatic hydroxyl groups excluding tert-OH is 1. The summed E-state index contributed by atoms with van der Waals surface area (Å²) in [6.45, 7) is 3.58. The zero-order valence-electron chi connectivity index (χ0n) is 43.9. The van der Waals surface area contributed by atoms with Crippen molar-refractivity contribution in [1.29, 1.82) is 0 Å². The molecule has 1 amide bonds. The monoisotopic (exact) mass is 966 g/mol. The van der Waals surface area contributed by atoms with Crippen LogP contribution in [0.2, 0.25) is 0 Å². The lowest BCUT2D eigenvalue weighted by Gasteiger charge is -2.15. The normalized spacial score (nSPS) is 13.3. The summed E-state index contributed by atoms with van der Waals surface area (Å²) >= 11 is 0. The van der Waals surface area contributed by atoms with Crippen molar-refractivity contribution in [3.8, 4) is 0 Å². The van der Waals surface area contributed by atoms with Gasteiger partial charge in [-0.3, -0.25) is 18.6 Å². The van der Waals surface area contributed by atoms with Crippen LogP contribution in [0.15, 0.2) is 36.5 Å². The molecule has 9 nitrogen and oxygen atoms in total. The molecule has 0 saturated carbocycles. The molecule has 2 atom stereocenters. The summed E-state index contributed by atoms with van der Waals surface area (Å²) in [4.78, 5) is 34.2. The van der Waals surface area contributed by atoms with Gasteiger partial charge in [0.1, 0.15) is 12.7 Å². The second-order valence-corrected chi connectivity index (χ2v) is 20.7. The predicted octanol–water partition coefficient (Wildman–Crippen LogP) is 17.2. The number of nitrogens with one attached hydrogen (secondary N) is 1. The largest absolute Gasteiger partial charge is 0.472 e. The summed E-state index contributed by atoms with van der Waals surface area (Å²) in [6.07, 6.45) is 63.8. The van der Waals surface area contributed by atoms with Crippen molar-refractivity contribution in [2.24, 2.45) is 0 Å². The lowest BCUT2D eigenvalue weighted by atomic mass is 10.0. The number of hydrogen-bond donors (Lipinski definition) is 3. The number of unbranched alkanes of at least 4 members (excludes halogenated alkanes) is 35. The summed E-state index contributed by atoms with van der Waals surface area (Å²) < 4.78 is 27.1. The number of ether oxygens (including phenoxy) is 1. The van der Waals surface area contributed by atoms with E-state index < -0.39 is 26.5 Å². The first-order valence-corrected chi connectivity index (χ1v) is 30.0. The number of amides is 1. The van der Waals surface area contributed by atoms with E-state index >= 15 is 0 Å². The molecule has 0 aromatic rings. The Kier molecular flexibility index (Phi) is 52.2. The molecular weight excluding hydrogens is 858 g/mol. The average Bonchev–Trinajstić information content (AvgIpc) is 3.32. The Labute approximate surface area is 413 Å². The van der Waals surface area contributed by atoms with Gasteiger partial charge in [0.25, 0.3) is 0 Å². The molecule has 0 heterocycles. The molecule has 0 saturated heterocycles. The van der Waals surface area contributed by atoms with Crippen LogP contribution in [0.3, 0.4) is 0 Å². The van der Waals surface area contributed by atoms with Crippen LogP contribution in [0.1, 0.15) is 284 Å². The summed E-state index contributed by atoms with van der Waals surface area (Å²) in [5, 5.41) is 12.8. The predicted molar refractivity (Wildman–Crippen MR) is 284 cm³/mol. The molecule has 0 radical (unpaired) electrons. The van der Waals surface area contributed by atoms with Gasteiger partial charge in [0.05, 0.1) is 13.2 Å². The molecule has 0 rings (SSSR count). The van der Waals surface area contributed by atoms with Gasteiger partial charge in [-0.2, -0.15) is 0 Å². The molecule has 0 fully saturated rings. The molecule has 67 heavy (non-hydrogen) atoms. The van der Waals surface area contributed by atoms with Gasteiger partial charge >= 0.3 is 13.8 Å². The van der Waals surface area contributed by atoms with Gasteiger partial charge < -0.3 is 20.1 Å². The Balaban J connectivity index is 3.51. The van der Waals surface area contributed by atoms with Crippen LogP contribution in [-0.4, -0.2) is 54.3 Å². The van der Waals surface area contributed by atoms with Crippen LogP contribution in [0, 0.1) is 0 Å². The molecule has 0 spiro atoms. The number of phosphoric ester groups is 1. The number of carbonyl (C=O) groups excluding carboxylic acids is 2. The van der Waals surface area contributed by atoms with E-state index in [2.05, 4.69) is 55.6 Å². The summed E-state index contributed by atoms with van der Waals surface area (Å²) in [6, 6.07) is 0. The first kappa shape index (κ1) is 65.2. The highest BCUT2D eigenvalue weighted by Gasteiger charge is 2.23. The van der Waals surface area contributed by atoms with E-state index in [-0.39, 0.29) is 32.1 Å². The highest BCUT2D eigenvalue weighted by Crippen LogP contribution is 2.42. The minimum Gasteiger partial charge on any atom is -0.463 e. The molecule has 0 aromatic carbocycles. The van der Waals surface area contributed by atoms with E-state index in [1.165, 1.54) is 205 Å². The number of hydrogen-bond acceptors (Lipinski definition) is 7. The van der Waals surface area contributed by atoms with Crippen molar-refractivity contribution < 1.29 is 37.9 Å². The molecule has 0 aliphatic carbocycles. The maximum Gasteiger partial charge on any atom is 0.472 e. The molecule has 0 aromatic heterocycles. The summed E-state index contributed by atoms with van der Waals surface area (Å²) in [5.74, 6) is -0.508. The average molecular weight is 966 g/mol. The van der Waals surface area contributed by atoms with Crippen LogP contribution in [-0.2, 0) is 27.9 Å². The van der Waals surface area contributed by atoms with Crippen molar-refractivity contribution in [2.75, 3.05) is 26.4 Å². The molecule has 0 bridgehead atoms. The van der Waals surface area contributed by atoms with Gasteiger partial charge in [-0.1, -0.05) is 256 Å². The van der Waals surface area contributed by atoms with Gasteiger partial charge in [0.2, 0.25) is 5.91 Å². The van der Waals surface area contributed by atoms with Crippen molar-refractivity contribution in [3.63, 3.8) is 0 Å². The number of aliphatic hydroxyl groups is 1. The molecule has 10 heteroatoms. The molecule has 2 unspecified atom stereocenters. The fourth-order valence-corrected chi connectivity index (χ4v) is 9.03. The van der Waals surface area contributed by atoms with Gasteiger partial charge in [-0.15, -0.1) is 0 Å².